The Morgan fingerprint density at radius 2 is 1.82 bits per heavy atom. The van der Waals surface area contributed by atoms with Crippen molar-refractivity contribution < 1.29 is 14.3 Å². The molecule has 1 spiro atoms. The maximum atomic E-state index is 12.4. The maximum Gasteiger partial charge on any atom is 0.220 e. The van der Waals surface area contributed by atoms with Crippen LogP contribution in [0.4, 0.5) is 0 Å². The van der Waals surface area contributed by atoms with Crippen LogP contribution in [0.1, 0.15) is 50.5 Å². The summed E-state index contributed by atoms with van der Waals surface area (Å²) < 4.78 is 11.8. The highest BCUT2D eigenvalue weighted by atomic mass is 16.5. The molecule has 1 aromatic carbocycles. The van der Waals surface area contributed by atoms with E-state index in [4.69, 9.17) is 9.47 Å². The van der Waals surface area contributed by atoms with Gasteiger partial charge in [0.25, 0.3) is 0 Å². The fourth-order valence-electron chi connectivity index (χ4n) is 5.13. The average Bonchev–Trinajstić information content (AvgIpc) is 2.74. The van der Waals surface area contributed by atoms with E-state index < -0.39 is 0 Å². The number of hydrogen-bond donors (Lipinski definition) is 1. The Hall–Kier alpha value is -1.43. The predicted molar refractivity (Wildman–Crippen MR) is 109 cm³/mol. The molecule has 3 saturated heterocycles. The van der Waals surface area contributed by atoms with E-state index in [1.54, 1.807) is 0 Å². The quantitative estimate of drug-likeness (QED) is 0.845. The largest absolute Gasteiger partial charge is 0.381 e. The van der Waals surface area contributed by atoms with Gasteiger partial charge in [-0.1, -0.05) is 30.3 Å². The maximum absolute atomic E-state index is 12.4. The highest BCUT2D eigenvalue weighted by Gasteiger charge is 2.41. The lowest BCUT2D eigenvalue weighted by Crippen LogP contribution is -2.52. The van der Waals surface area contributed by atoms with E-state index in [9.17, 15) is 4.79 Å². The number of likely N-dealkylation sites (tertiary alicyclic amines) is 1. The third kappa shape index (κ3) is 5.13. The highest BCUT2D eigenvalue weighted by molar-refractivity contribution is 5.76. The molecule has 1 unspecified atom stereocenters. The van der Waals surface area contributed by atoms with Crippen LogP contribution in [0.2, 0.25) is 0 Å². The number of hydrogen-bond acceptors (Lipinski definition) is 4. The van der Waals surface area contributed by atoms with Gasteiger partial charge >= 0.3 is 0 Å². The van der Waals surface area contributed by atoms with E-state index in [2.05, 4.69) is 22.3 Å². The normalized spacial score (nSPS) is 26.2. The van der Waals surface area contributed by atoms with E-state index in [1.807, 2.05) is 18.2 Å². The minimum Gasteiger partial charge on any atom is -0.381 e. The fraction of sp³-hybridized carbons (Fsp3) is 0.696. The molecule has 1 amide bonds. The van der Waals surface area contributed by atoms with Gasteiger partial charge < -0.3 is 14.8 Å². The fourth-order valence-corrected chi connectivity index (χ4v) is 5.13. The third-order valence-electron chi connectivity index (χ3n) is 6.82. The molecule has 3 fully saturated rings. The van der Waals surface area contributed by atoms with Crippen LogP contribution in [0.3, 0.4) is 0 Å². The standard InChI is InChI=1S/C23H34N2O3/c26-22(24-18-19-4-2-1-3-5-19)16-20-6-15-28-23(17-20)9-11-25(12-10-23)21-7-13-27-14-8-21/h1-5,20-21H,6-18H2,(H,24,26). The number of nitrogens with zero attached hydrogens (tertiary/aromatic N) is 1. The van der Waals surface area contributed by atoms with Gasteiger partial charge in [-0.2, -0.15) is 0 Å². The molecule has 4 rings (SSSR count). The first-order valence-electron chi connectivity index (χ1n) is 11.0. The highest BCUT2D eigenvalue weighted by Crippen LogP contribution is 2.39. The van der Waals surface area contributed by atoms with Crippen LogP contribution in [0, 0.1) is 5.92 Å². The predicted octanol–water partition coefficient (Wildman–Crippen LogP) is 3.13. The molecule has 5 heteroatoms. The molecule has 0 aromatic heterocycles. The monoisotopic (exact) mass is 386 g/mol. The van der Waals surface area contributed by atoms with Gasteiger partial charge in [0, 0.05) is 51.9 Å². The van der Waals surface area contributed by atoms with Crippen molar-refractivity contribution in [2.45, 2.75) is 63.1 Å². The van der Waals surface area contributed by atoms with Crippen LogP contribution in [0.25, 0.3) is 0 Å². The molecule has 28 heavy (non-hydrogen) atoms. The van der Waals surface area contributed by atoms with Gasteiger partial charge in [0.1, 0.15) is 0 Å². The Morgan fingerprint density at radius 3 is 2.57 bits per heavy atom. The lowest BCUT2D eigenvalue weighted by molar-refractivity contribution is -0.139. The van der Waals surface area contributed by atoms with Crippen molar-refractivity contribution in [3.63, 3.8) is 0 Å². The molecule has 1 aromatic rings. The summed E-state index contributed by atoms with van der Waals surface area (Å²) >= 11 is 0. The molecule has 3 aliphatic heterocycles. The molecule has 0 bridgehead atoms. The van der Waals surface area contributed by atoms with Crippen molar-refractivity contribution in [3.8, 4) is 0 Å². The van der Waals surface area contributed by atoms with Crippen molar-refractivity contribution >= 4 is 5.91 Å². The third-order valence-corrected chi connectivity index (χ3v) is 6.82. The van der Waals surface area contributed by atoms with E-state index in [-0.39, 0.29) is 11.5 Å². The SMILES string of the molecule is O=C(CC1CCOC2(CCN(C3CCOCC3)CC2)C1)NCc1ccccc1. The summed E-state index contributed by atoms with van der Waals surface area (Å²) in [5, 5.41) is 3.09. The summed E-state index contributed by atoms with van der Waals surface area (Å²) in [5.74, 6) is 0.615. The summed E-state index contributed by atoms with van der Waals surface area (Å²) in [6.45, 7) is 5.48. The van der Waals surface area contributed by atoms with Gasteiger partial charge in [0.2, 0.25) is 5.91 Å². The average molecular weight is 387 g/mol. The molecular weight excluding hydrogens is 352 g/mol. The van der Waals surface area contributed by atoms with E-state index in [0.29, 0.717) is 24.9 Å². The van der Waals surface area contributed by atoms with E-state index >= 15 is 0 Å². The molecular formula is C23H34N2O3. The lowest BCUT2D eigenvalue weighted by atomic mass is 9.78. The molecule has 5 nitrogen and oxygen atoms in total. The summed E-state index contributed by atoms with van der Waals surface area (Å²) in [4.78, 5) is 15.1. The molecule has 0 radical (unpaired) electrons. The Kier molecular flexibility index (Phi) is 6.65. The Balaban J connectivity index is 1.23. The second-order valence-corrected chi connectivity index (χ2v) is 8.74. The molecule has 0 aliphatic carbocycles. The van der Waals surface area contributed by atoms with Gasteiger partial charge in [-0.05, 0) is 50.0 Å². The van der Waals surface area contributed by atoms with Gasteiger partial charge in [0.15, 0.2) is 0 Å². The number of amides is 1. The van der Waals surface area contributed by atoms with Crippen LogP contribution >= 0.6 is 0 Å². The van der Waals surface area contributed by atoms with Crippen LogP contribution in [-0.2, 0) is 20.8 Å². The van der Waals surface area contributed by atoms with Crippen molar-refractivity contribution in [2.24, 2.45) is 5.92 Å². The summed E-state index contributed by atoms with van der Waals surface area (Å²) in [6, 6.07) is 10.8. The van der Waals surface area contributed by atoms with Crippen molar-refractivity contribution in [1.82, 2.24) is 10.2 Å². The zero-order chi connectivity index (χ0) is 19.2. The van der Waals surface area contributed by atoms with E-state index in [1.165, 1.54) is 0 Å². The number of piperidine rings is 1. The van der Waals surface area contributed by atoms with Crippen LogP contribution in [0.15, 0.2) is 30.3 Å². The lowest BCUT2D eigenvalue weighted by Gasteiger charge is -2.48. The van der Waals surface area contributed by atoms with Crippen molar-refractivity contribution in [1.29, 1.82) is 0 Å². The zero-order valence-corrected chi connectivity index (χ0v) is 16.9. The minimum atomic E-state index is 0.00426. The first kappa shape index (κ1) is 19.9. The smallest absolute Gasteiger partial charge is 0.220 e. The summed E-state index contributed by atoms with van der Waals surface area (Å²) in [6.07, 6.45) is 7.20. The van der Waals surface area contributed by atoms with Crippen LogP contribution in [-0.4, -0.2) is 55.4 Å². The molecule has 1 N–H and O–H groups in total. The number of rotatable bonds is 5. The first-order valence-corrected chi connectivity index (χ1v) is 11.0. The second-order valence-electron chi connectivity index (χ2n) is 8.74. The number of carbonyl (C=O) groups is 1. The Bertz CT molecular complexity index is 622. The van der Waals surface area contributed by atoms with Gasteiger partial charge in [0.05, 0.1) is 5.60 Å². The minimum absolute atomic E-state index is 0.00426. The van der Waals surface area contributed by atoms with Gasteiger partial charge in [-0.3, -0.25) is 9.69 Å². The zero-order valence-electron chi connectivity index (χ0n) is 16.9. The van der Waals surface area contributed by atoms with Crippen molar-refractivity contribution in [3.05, 3.63) is 35.9 Å². The number of benzene rings is 1. The van der Waals surface area contributed by atoms with Crippen molar-refractivity contribution in [2.75, 3.05) is 32.9 Å². The number of carbonyl (C=O) groups excluding carboxylic acids is 1. The topological polar surface area (TPSA) is 50.8 Å². The second kappa shape index (κ2) is 9.38. The van der Waals surface area contributed by atoms with Gasteiger partial charge in [-0.25, -0.2) is 0 Å². The number of ether oxygens (including phenoxy) is 2. The molecule has 0 saturated carbocycles. The number of nitrogens with one attached hydrogen (secondary N) is 1. The summed E-state index contributed by atoms with van der Waals surface area (Å²) in [5.41, 5.74) is 1.16. The van der Waals surface area contributed by atoms with Crippen LogP contribution < -0.4 is 5.32 Å². The summed E-state index contributed by atoms with van der Waals surface area (Å²) in [7, 11) is 0. The van der Waals surface area contributed by atoms with Gasteiger partial charge in [-0.15, -0.1) is 0 Å². The Labute approximate surface area is 168 Å². The molecule has 154 valence electrons. The first-order chi connectivity index (χ1) is 13.7. The Morgan fingerprint density at radius 1 is 1.07 bits per heavy atom. The molecule has 3 heterocycles. The van der Waals surface area contributed by atoms with Crippen LogP contribution in [0.5, 0.6) is 0 Å². The molecule has 1 atom stereocenters. The van der Waals surface area contributed by atoms with E-state index in [0.717, 1.165) is 77.0 Å². The molecule has 3 aliphatic rings.